The van der Waals surface area contributed by atoms with Crippen LogP contribution >= 0.6 is 0 Å². The van der Waals surface area contributed by atoms with Crippen molar-refractivity contribution in [1.29, 1.82) is 0 Å². The van der Waals surface area contributed by atoms with Crippen LogP contribution in [0.5, 0.6) is 0 Å². The largest absolute Gasteiger partial charge is 0.481 e. The van der Waals surface area contributed by atoms with Gasteiger partial charge in [0.1, 0.15) is 5.76 Å². The molecular weight excluding hydrogens is 218 g/mol. The van der Waals surface area contributed by atoms with Crippen LogP contribution in [0.4, 0.5) is 0 Å². The van der Waals surface area contributed by atoms with E-state index < -0.39 is 5.97 Å². The van der Waals surface area contributed by atoms with Crippen LogP contribution in [0.2, 0.25) is 0 Å². The second kappa shape index (κ2) is 4.92. The Morgan fingerprint density at radius 1 is 1.65 bits per heavy atom. The van der Waals surface area contributed by atoms with Gasteiger partial charge in [0.25, 0.3) is 0 Å². The third-order valence-electron chi connectivity index (χ3n) is 3.68. The first-order valence-corrected chi connectivity index (χ1v) is 6.07. The van der Waals surface area contributed by atoms with Gasteiger partial charge in [-0.05, 0) is 44.9 Å². The molecule has 2 rings (SSSR count). The Hall–Kier alpha value is -1.29. The van der Waals surface area contributed by atoms with Gasteiger partial charge in [-0.15, -0.1) is 0 Å². The third kappa shape index (κ3) is 2.69. The van der Waals surface area contributed by atoms with E-state index in [1.165, 1.54) is 0 Å². The van der Waals surface area contributed by atoms with Gasteiger partial charge in [-0.25, -0.2) is 0 Å². The molecule has 1 aliphatic rings. The van der Waals surface area contributed by atoms with Gasteiger partial charge in [0, 0.05) is 6.04 Å². The van der Waals surface area contributed by atoms with Crippen molar-refractivity contribution in [1.82, 2.24) is 4.90 Å². The van der Waals surface area contributed by atoms with E-state index in [4.69, 9.17) is 9.52 Å². The molecule has 0 aromatic carbocycles. The van der Waals surface area contributed by atoms with Crippen LogP contribution in [0.25, 0.3) is 0 Å². The van der Waals surface area contributed by atoms with E-state index in [2.05, 4.69) is 11.8 Å². The van der Waals surface area contributed by atoms with Crippen molar-refractivity contribution in [2.24, 2.45) is 5.92 Å². The van der Waals surface area contributed by atoms with Crippen LogP contribution in [-0.2, 0) is 11.3 Å². The Bertz CT molecular complexity index is 399. The maximum atomic E-state index is 10.9. The molecular formula is C13H19NO3. The summed E-state index contributed by atoms with van der Waals surface area (Å²) in [6.45, 7) is 5.74. The molecule has 2 heterocycles. The minimum Gasteiger partial charge on any atom is -0.481 e. The summed E-state index contributed by atoms with van der Waals surface area (Å²) < 4.78 is 5.43. The Kier molecular flexibility index (Phi) is 3.52. The number of carbonyl (C=O) groups is 1. The van der Waals surface area contributed by atoms with Crippen LogP contribution in [0, 0.1) is 12.8 Å². The summed E-state index contributed by atoms with van der Waals surface area (Å²) >= 11 is 0. The molecule has 1 N–H and O–H groups in total. The lowest BCUT2D eigenvalue weighted by Gasteiger charge is -2.35. The highest BCUT2D eigenvalue weighted by Gasteiger charge is 2.30. The Labute approximate surface area is 101 Å². The second-order valence-corrected chi connectivity index (χ2v) is 4.91. The molecule has 1 aromatic heterocycles. The minimum atomic E-state index is -0.661. The van der Waals surface area contributed by atoms with Crippen molar-refractivity contribution < 1.29 is 14.3 Å². The predicted molar refractivity (Wildman–Crippen MR) is 63.7 cm³/mol. The maximum absolute atomic E-state index is 10.9. The van der Waals surface area contributed by atoms with Gasteiger partial charge < -0.3 is 9.52 Å². The fraction of sp³-hybridized carbons (Fsp3) is 0.615. The first-order valence-electron chi connectivity index (χ1n) is 6.07. The third-order valence-corrected chi connectivity index (χ3v) is 3.68. The van der Waals surface area contributed by atoms with E-state index in [0.29, 0.717) is 6.04 Å². The molecule has 2 unspecified atom stereocenters. The number of hydrogen-bond donors (Lipinski definition) is 1. The highest BCUT2D eigenvalue weighted by molar-refractivity contribution is 5.70. The molecule has 1 aromatic rings. The molecule has 1 saturated heterocycles. The predicted octanol–water partition coefficient (Wildman–Crippen LogP) is 2.27. The summed E-state index contributed by atoms with van der Waals surface area (Å²) in [5.74, 6) is 0.148. The average molecular weight is 237 g/mol. The topological polar surface area (TPSA) is 53.7 Å². The zero-order valence-electron chi connectivity index (χ0n) is 10.3. The molecule has 1 fully saturated rings. The summed E-state index contributed by atoms with van der Waals surface area (Å²) in [7, 11) is 0. The zero-order chi connectivity index (χ0) is 12.4. The molecule has 0 saturated carbocycles. The van der Waals surface area contributed by atoms with Crippen LogP contribution in [0.15, 0.2) is 16.7 Å². The van der Waals surface area contributed by atoms with Gasteiger partial charge in [-0.3, -0.25) is 9.69 Å². The fourth-order valence-electron chi connectivity index (χ4n) is 2.43. The number of furan rings is 1. The van der Waals surface area contributed by atoms with Gasteiger partial charge >= 0.3 is 5.97 Å². The average Bonchev–Trinajstić information content (AvgIpc) is 2.67. The number of aliphatic carboxylic acids is 1. The number of carboxylic acids is 1. The van der Waals surface area contributed by atoms with E-state index in [1.54, 1.807) is 6.26 Å². The van der Waals surface area contributed by atoms with E-state index >= 15 is 0 Å². The summed E-state index contributed by atoms with van der Waals surface area (Å²) in [5.41, 5.74) is 1.16. The highest BCUT2D eigenvalue weighted by Crippen LogP contribution is 2.25. The molecule has 0 aliphatic carbocycles. The van der Waals surface area contributed by atoms with Crippen LogP contribution < -0.4 is 0 Å². The van der Waals surface area contributed by atoms with E-state index in [-0.39, 0.29) is 5.92 Å². The maximum Gasteiger partial charge on any atom is 0.306 e. The summed E-state index contributed by atoms with van der Waals surface area (Å²) in [4.78, 5) is 13.2. The molecule has 0 bridgehead atoms. The lowest BCUT2D eigenvalue weighted by molar-refractivity contribution is -0.144. The normalized spacial score (nSPS) is 26.0. The highest BCUT2D eigenvalue weighted by atomic mass is 16.4. The molecule has 2 atom stereocenters. The van der Waals surface area contributed by atoms with Crippen LogP contribution in [-0.4, -0.2) is 28.6 Å². The van der Waals surface area contributed by atoms with Crippen molar-refractivity contribution in [3.05, 3.63) is 23.7 Å². The van der Waals surface area contributed by atoms with Crippen molar-refractivity contribution >= 4 is 5.97 Å². The summed E-state index contributed by atoms with van der Waals surface area (Å²) in [5, 5.41) is 9.01. The molecule has 0 radical (unpaired) electrons. The standard InChI is InChI=1S/C13H19NO3/c1-9-4-6-17-12(9)8-14-5-3-11(13(15)16)7-10(14)2/h4,6,10-11H,3,5,7-8H2,1-2H3,(H,15,16). The van der Waals surface area contributed by atoms with Crippen molar-refractivity contribution in [2.75, 3.05) is 6.54 Å². The number of hydrogen-bond acceptors (Lipinski definition) is 3. The number of aryl methyl sites for hydroxylation is 1. The Morgan fingerprint density at radius 2 is 2.41 bits per heavy atom. The molecule has 17 heavy (non-hydrogen) atoms. The molecule has 4 nitrogen and oxygen atoms in total. The lowest BCUT2D eigenvalue weighted by atomic mass is 9.91. The van der Waals surface area contributed by atoms with Crippen molar-refractivity contribution in [3.8, 4) is 0 Å². The first-order chi connectivity index (χ1) is 8.08. The molecule has 0 amide bonds. The number of likely N-dealkylation sites (tertiary alicyclic amines) is 1. The lowest BCUT2D eigenvalue weighted by Crippen LogP contribution is -2.42. The zero-order valence-corrected chi connectivity index (χ0v) is 10.3. The van der Waals surface area contributed by atoms with Crippen molar-refractivity contribution in [2.45, 2.75) is 39.3 Å². The molecule has 1 aliphatic heterocycles. The van der Waals surface area contributed by atoms with E-state index in [9.17, 15) is 4.79 Å². The minimum absolute atomic E-state index is 0.182. The van der Waals surface area contributed by atoms with Gasteiger partial charge in [0.05, 0.1) is 18.7 Å². The monoisotopic (exact) mass is 237 g/mol. The van der Waals surface area contributed by atoms with Gasteiger partial charge in [-0.2, -0.15) is 0 Å². The SMILES string of the molecule is Cc1ccoc1CN1CCC(C(=O)O)CC1C. The number of piperidine rings is 1. The Morgan fingerprint density at radius 3 is 2.94 bits per heavy atom. The van der Waals surface area contributed by atoms with Crippen LogP contribution in [0.1, 0.15) is 31.1 Å². The van der Waals surface area contributed by atoms with E-state index in [1.807, 2.05) is 13.0 Å². The van der Waals surface area contributed by atoms with Crippen molar-refractivity contribution in [3.63, 3.8) is 0 Å². The van der Waals surface area contributed by atoms with E-state index in [0.717, 1.165) is 37.3 Å². The molecule has 4 heteroatoms. The van der Waals surface area contributed by atoms with Gasteiger partial charge in [-0.1, -0.05) is 0 Å². The Balaban J connectivity index is 1.96. The second-order valence-electron chi connectivity index (χ2n) is 4.91. The number of carboxylic acid groups (broad SMARTS) is 1. The molecule has 0 spiro atoms. The quantitative estimate of drug-likeness (QED) is 0.876. The molecule has 94 valence electrons. The summed E-state index contributed by atoms with van der Waals surface area (Å²) in [6, 6.07) is 2.26. The smallest absolute Gasteiger partial charge is 0.306 e. The van der Waals surface area contributed by atoms with Gasteiger partial charge in [0.15, 0.2) is 0 Å². The summed E-state index contributed by atoms with van der Waals surface area (Å²) in [6.07, 6.45) is 3.17. The number of rotatable bonds is 3. The van der Waals surface area contributed by atoms with Crippen LogP contribution in [0.3, 0.4) is 0 Å². The van der Waals surface area contributed by atoms with Gasteiger partial charge in [0.2, 0.25) is 0 Å². The first kappa shape index (κ1) is 12.2. The fourth-order valence-corrected chi connectivity index (χ4v) is 2.43. The number of nitrogens with zero attached hydrogens (tertiary/aromatic N) is 1.